The molecule has 2 N–H and O–H groups in total. The fraction of sp³-hybridized carbons (Fsp3) is 0.450. The highest BCUT2D eigenvalue weighted by Gasteiger charge is 2.30. The van der Waals surface area contributed by atoms with Crippen molar-refractivity contribution < 1.29 is 27.5 Å². The van der Waals surface area contributed by atoms with Crippen LogP contribution in [0.15, 0.2) is 24.3 Å². The molecule has 2 aliphatic heterocycles. The Morgan fingerprint density at radius 1 is 1.23 bits per heavy atom. The topological polar surface area (TPSA) is 83.6 Å². The summed E-state index contributed by atoms with van der Waals surface area (Å²) in [6.45, 7) is 1.84. The van der Waals surface area contributed by atoms with Gasteiger partial charge in [0.1, 0.15) is 6.10 Å². The second kappa shape index (κ2) is 8.93. The van der Waals surface area contributed by atoms with E-state index < -0.39 is 17.8 Å². The van der Waals surface area contributed by atoms with Crippen molar-refractivity contribution in [1.82, 2.24) is 9.88 Å². The molecule has 3 heterocycles. The summed E-state index contributed by atoms with van der Waals surface area (Å²) in [6, 6.07) is 4.35. The average molecular weight is 454 g/mol. The molecule has 166 valence electrons. The lowest BCUT2D eigenvalue weighted by atomic mass is 10.2. The standard InChI is InChI=1S/C20H21F3N4O3S/c21-20(22,23)12-3-5-13(6-4-12)24-17(28)11-27-8-7-14-16(10-27)31-19(25-14)26-18(29)15-2-1-9-30-15/h3-6,15H,1-2,7-11H2,(H,24,28)(H,25,26,29). The molecule has 2 aromatic rings. The summed E-state index contributed by atoms with van der Waals surface area (Å²) in [5.41, 5.74) is 0.460. The number of hydrogen-bond acceptors (Lipinski definition) is 6. The number of fused-ring (bicyclic) bond motifs is 1. The summed E-state index contributed by atoms with van der Waals surface area (Å²) in [5.74, 6) is -0.490. The van der Waals surface area contributed by atoms with E-state index in [1.165, 1.54) is 23.5 Å². The number of carbonyl (C=O) groups excluding carboxylic acids is 2. The maximum Gasteiger partial charge on any atom is 0.416 e. The highest BCUT2D eigenvalue weighted by Crippen LogP contribution is 2.30. The molecule has 0 bridgehead atoms. The largest absolute Gasteiger partial charge is 0.416 e. The van der Waals surface area contributed by atoms with Crippen LogP contribution in [0, 0.1) is 0 Å². The van der Waals surface area contributed by atoms with Gasteiger partial charge in [0.2, 0.25) is 5.91 Å². The van der Waals surface area contributed by atoms with Gasteiger partial charge in [-0.25, -0.2) is 4.98 Å². The van der Waals surface area contributed by atoms with Crippen molar-refractivity contribution in [2.75, 3.05) is 30.3 Å². The molecule has 1 atom stereocenters. The minimum Gasteiger partial charge on any atom is -0.368 e. The van der Waals surface area contributed by atoms with E-state index in [1.54, 1.807) is 0 Å². The molecule has 1 aromatic heterocycles. The third kappa shape index (κ3) is 5.41. The number of nitrogens with one attached hydrogen (secondary N) is 2. The third-order valence-electron chi connectivity index (χ3n) is 5.13. The molecule has 1 fully saturated rings. The van der Waals surface area contributed by atoms with Gasteiger partial charge in [-0.3, -0.25) is 19.8 Å². The Balaban J connectivity index is 1.30. The lowest BCUT2D eigenvalue weighted by molar-refractivity contribution is -0.137. The zero-order chi connectivity index (χ0) is 22.0. The Hall–Kier alpha value is -2.50. The molecule has 7 nitrogen and oxygen atoms in total. The van der Waals surface area contributed by atoms with Gasteiger partial charge in [-0.1, -0.05) is 0 Å². The molecule has 1 unspecified atom stereocenters. The maximum atomic E-state index is 12.6. The number of alkyl halides is 3. The number of aromatic nitrogens is 1. The minimum atomic E-state index is -4.41. The number of anilines is 2. The predicted octanol–water partition coefficient (Wildman–Crippen LogP) is 3.28. The van der Waals surface area contributed by atoms with Gasteiger partial charge in [0.15, 0.2) is 5.13 Å². The zero-order valence-corrected chi connectivity index (χ0v) is 17.3. The second-order valence-electron chi connectivity index (χ2n) is 7.46. The van der Waals surface area contributed by atoms with Crippen LogP contribution >= 0.6 is 11.3 Å². The van der Waals surface area contributed by atoms with E-state index >= 15 is 0 Å². The summed E-state index contributed by atoms with van der Waals surface area (Å²) in [6.07, 6.45) is -2.61. The van der Waals surface area contributed by atoms with Crippen LogP contribution in [0.2, 0.25) is 0 Å². The Kier molecular flexibility index (Phi) is 6.26. The number of amides is 2. The first-order chi connectivity index (χ1) is 14.8. The highest BCUT2D eigenvalue weighted by atomic mass is 32.1. The van der Waals surface area contributed by atoms with Crippen LogP contribution in [0.4, 0.5) is 24.0 Å². The molecule has 4 rings (SSSR count). The Morgan fingerprint density at radius 2 is 2.00 bits per heavy atom. The van der Waals surface area contributed by atoms with Crippen molar-refractivity contribution in [3.8, 4) is 0 Å². The molecule has 1 aromatic carbocycles. The Bertz CT molecular complexity index is 956. The summed E-state index contributed by atoms with van der Waals surface area (Å²) in [7, 11) is 0. The lowest BCUT2D eigenvalue weighted by Gasteiger charge is -2.25. The van der Waals surface area contributed by atoms with Crippen LogP contribution in [0.3, 0.4) is 0 Å². The first-order valence-corrected chi connectivity index (χ1v) is 10.7. The number of halogens is 3. The van der Waals surface area contributed by atoms with Gasteiger partial charge in [0, 0.05) is 36.7 Å². The number of benzene rings is 1. The van der Waals surface area contributed by atoms with Crippen LogP contribution in [0.25, 0.3) is 0 Å². The lowest BCUT2D eigenvalue weighted by Crippen LogP contribution is -2.36. The molecular formula is C20H21F3N4O3S. The third-order valence-corrected chi connectivity index (χ3v) is 6.12. The van der Waals surface area contributed by atoms with Crippen molar-refractivity contribution in [1.29, 1.82) is 0 Å². The van der Waals surface area contributed by atoms with Crippen LogP contribution < -0.4 is 10.6 Å². The van der Waals surface area contributed by atoms with Crippen LogP contribution in [-0.4, -0.2) is 47.5 Å². The van der Waals surface area contributed by atoms with Crippen LogP contribution in [0.5, 0.6) is 0 Å². The minimum absolute atomic E-state index is 0.107. The van der Waals surface area contributed by atoms with E-state index in [0.29, 0.717) is 43.4 Å². The van der Waals surface area contributed by atoms with E-state index in [0.717, 1.165) is 29.1 Å². The average Bonchev–Trinajstić information content (AvgIpc) is 3.37. The fourth-order valence-electron chi connectivity index (χ4n) is 3.55. The summed E-state index contributed by atoms with van der Waals surface area (Å²) in [4.78, 5) is 31.9. The zero-order valence-electron chi connectivity index (χ0n) is 16.5. The van der Waals surface area contributed by atoms with Gasteiger partial charge in [0.25, 0.3) is 5.91 Å². The van der Waals surface area contributed by atoms with Gasteiger partial charge < -0.3 is 10.1 Å². The van der Waals surface area contributed by atoms with Crippen molar-refractivity contribution >= 4 is 34.0 Å². The predicted molar refractivity (Wildman–Crippen MR) is 109 cm³/mol. The van der Waals surface area contributed by atoms with Gasteiger partial charge in [-0.05, 0) is 37.1 Å². The Labute approximate surface area is 180 Å². The number of thiazole rings is 1. The molecule has 0 radical (unpaired) electrons. The van der Waals surface area contributed by atoms with Gasteiger partial charge >= 0.3 is 6.18 Å². The van der Waals surface area contributed by atoms with Gasteiger partial charge in [0.05, 0.1) is 17.8 Å². The van der Waals surface area contributed by atoms with Gasteiger partial charge in [-0.15, -0.1) is 11.3 Å². The highest BCUT2D eigenvalue weighted by molar-refractivity contribution is 7.15. The molecule has 1 saturated heterocycles. The molecule has 0 saturated carbocycles. The molecule has 2 aliphatic rings. The molecule has 31 heavy (non-hydrogen) atoms. The SMILES string of the molecule is O=C(CN1CCc2nc(NC(=O)C3CCCO3)sc2C1)Nc1ccc(C(F)(F)F)cc1. The van der Waals surface area contributed by atoms with Crippen molar-refractivity contribution in [3.63, 3.8) is 0 Å². The number of ether oxygens (including phenoxy) is 1. The monoisotopic (exact) mass is 454 g/mol. The van der Waals surface area contributed by atoms with Crippen LogP contribution in [0.1, 0.15) is 29.0 Å². The number of nitrogens with zero attached hydrogens (tertiary/aromatic N) is 2. The number of hydrogen-bond donors (Lipinski definition) is 2. The van der Waals surface area contributed by atoms with E-state index in [2.05, 4.69) is 15.6 Å². The molecule has 0 aliphatic carbocycles. The number of rotatable bonds is 5. The maximum absolute atomic E-state index is 12.6. The molecular weight excluding hydrogens is 433 g/mol. The molecule has 0 spiro atoms. The fourth-order valence-corrected chi connectivity index (χ4v) is 4.61. The first-order valence-electron chi connectivity index (χ1n) is 9.88. The number of carbonyl (C=O) groups is 2. The van der Waals surface area contributed by atoms with E-state index in [1.807, 2.05) is 4.90 Å². The quantitative estimate of drug-likeness (QED) is 0.725. The van der Waals surface area contributed by atoms with Crippen molar-refractivity contribution in [2.45, 2.75) is 38.1 Å². The summed E-state index contributed by atoms with van der Waals surface area (Å²) < 4.78 is 43.3. The first kappa shape index (κ1) is 21.7. The van der Waals surface area contributed by atoms with E-state index in [-0.39, 0.29) is 18.4 Å². The van der Waals surface area contributed by atoms with Crippen molar-refractivity contribution in [2.24, 2.45) is 0 Å². The molecule has 2 amide bonds. The summed E-state index contributed by atoms with van der Waals surface area (Å²) in [5, 5.41) is 5.96. The van der Waals surface area contributed by atoms with Crippen LogP contribution in [-0.2, 0) is 33.5 Å². The van der Waals surface area contributed by atoms with E-state index in [9.17, 15) is 22.8 Å². The smallest absolute Gasteiger partial charge is 0.368 e. The van der Waals surface area contributed by atoms with Crippen molar-refractivity contribution in [3.05, 3.63) is 40.4 Å². The Morgan fingerprint density at radius 3 is 2.68 bits per heavy atom. The van der Waals surface area contributed by atoms with Gasteiger partial charge in [-0.2, -0.15) is 13.2 Å². The normalized spacial score (nSPS) is 19.1. The summed E-state index contributed by atoms with van der Waals surface area (Å²) >= 11 is 1.38. The second-order valence-corrected chi connectivity index (χ2v) is 8.55. The molecule has 11 heteroatoms. The van der Waals surface area contributed by atoms with E-state index in [4.69, 9.17) is 4.74 Å².